The Balaban J connectivity index is 1.25. The number of hydrogen-bond donors (Lipinski definition) is 7. The van der Waals surface area contributed by atoms with E-state index in [-0.39, 0.29) is 34.0 Å². The molecule has 4 aromatic rings. The van der Waals surface area contributed by atoms with E-state index in [0.717, 1.165) is 39.9 Å². The number of thiol groups is 1. The van der Waals surface area contributed by atoms with E-state index in [0.29, 0.717) is 0 Å². The van der Waals surface area contributed by atoms with Gasteiger partial charge in [-0.25, -0.2) is 23.9 Å². The fourth-order valence-electron chi connectivity index (χ4n) is 4.89. The smallest absolute Gasteiger partial charge is 0.388 e. The second-order valence-corrected chi connectivity index (χ2v) is 13.5. The molecule has 18 nitrogen and oxygen atoms in total. The Bertz CT molecular complexity index is 1820. The number of anilines is 1. The molecular formula is C20H23FN9O9PS2. The van der Waals surface area contributed by atoms with Crippen molar-refractivity contribution >= 4 is 59.1 Å². The molecule has 0 radical (unpaired) electrons. The lowest BCUT2D eigenvalue weighted by Crippen LogP contribution is -2.48. The Kier molecular flexibility index (Phi) is 7.43. The molecule has 4 aromatic heterocycles. The van der Waals surface area contributed by atoms with Crippen LogP contribution in [0.25, 0.3) is 22.3 Å². The summed E-state index contributed by atoms with van der Waals surface area (Å²) in [5.74, 6) is -0.383. The van der Waals surface area contributed by atoms with Gasteiger partial charge >= 0.3 is 6.80 Å². The van der Waals surface area contributed by atoms with Gasteiger partial charge in [-0.1, -0.05) is 12.2 Å². The Morgan fingerprint density at radius 2 is 1.98 bits per heavy atom. The molecule has 0 amide bonds. The number of aromatic nitrogens is 8. The van der Waals surface area contributed by atoms with Gasteiger partial charge in [-0.15, -0.1) is 11.8 Å². The van der Waals surface area contributed by atoms with E-state index < -0.39 is 72.8 Å². The first-order valence-electron chi connectivity index (χ1n) is 12.2. The predicted molar refractivity (Wildman–Crippen MR) is 146 cm³/mol. The summed E-state index contributed by atoms with van der Waals surface area (Å²) >= 11 is 5.11. The SMILES string of the molecule is Nc1nc2c(ncn2[C@]2(OP(=O)(S)OC[C@H]3O[C@@H](n4cnc5c(=O)[nH]cnc54)[C@@H](F)[C@@H]3O)CS[C@H](CO)[C@H]2O)c(=O)[nH]1. The molecule has 1 unspecified atom stereocenters. The minimum Gasteiger partial charge on any atom is -0.395 e. The zero-order valence-electron chi connectivity index (χ0n) is 21.0. The van der Waals surface area contributed by atoms with E-state index in [1.807, 2.05) is 0 Å². The van der Waals surface area contributed by atoms with E-state index in [2.05, 4.69) is 42.2 Å². The minimum absolute atomic E-state index is 0.0112. The van der Waals surface area contributed by atoms with Gasteiger partial charge < -0.3 is 30.8 Å². The van der Waals surface area contributed by atoms with E-state index in [1.165, 1.54) is 0 Å². The molecule has 0 saturated carbocycles. The number of aromatic amines is 2. The van der Waals surface area contributed by atoms with E-state index >= 15 is 4.39 Å². The molecular weight excluding hydrogens is 624 g/mol. The molecule has 6 heterocycles. The summed E-state index contributed by atoms with van der Waals surface area (Å²) in [7, 11) is 0. The van der Waals surface area contributed by atoms with Gasteiger partial charge in [0.05, 0.1) is 37.4 Å². The molecule has 226 valence electrons. The summed E-state index contributed by atoms with van der Waals surface area (Å²) in [4.78, 5) is 44.9. The molecule has 0 spiro atoms. The van der Waals surface area contributed by atoms with Crippen LogP contribution in [-0.4, -0.2) is 103 Å². The van der Waals surface area contributed by atoms with Gasteiger partial charge in [0.25, 0.3) is 11.1 Å². The lowest BCUT2D eigenvalue weighted by atomic mass is 10.1. The maximum atomic E-state index is 15.1. The molecule has 6 rings (SSSR count). The number of aliphatic hydroxyl groups is 3. The number of imidazole rings is 2. The van der Waals surface area contributed by atoms with Crippen LogP contribution in [0.4, 0.5) is 10.3 Å². The number of H-pyrrole nitrogens is 2. The second-order valence-electron chi connectivity index (χ2n) is 9.47. The molecule has 0 aromatic carbocycles. The fourth-order valence-corrected chi connectivity index (χ4v) is 7.98. The van der Waals surface area contributed by atoms with Crippen molar-refractivity contribution in [2.45, 2.75) is 41.7 Å². The van der Waals surface area contributed by atoms with E-state index in [9.17, 15) is 29.5 Å². The largest absolute Gasteiger partial charge is 0.395 e. The average molecular weight is 648 g/mol. The highest BCUT2D eigenvalue weighted by molar-refractivity contribution is 8.44. The number of thioether (sulfide) groups is 1. The van der Waals surface area contributed by atoms with Crippen molar-refractivity contribution in [2.24, 2.45) is 0 Å². The summed E-state index contributed by atoms with van der Waals surface area (Å²) in [6.45, 7) is -5.66. The number of nitrogen functional groups attached to an aromatic ring is 1. The van der Waals surface area contributed by atoms with Gasteiger partial charge in [0, 0.05) is 5.75 Å². The summed E-state index contributed by atoms with van der Waals surface area (Å²) in [6, 6.07) is 0. The first-order valence-corrected chi connectivity index (χ1v) is 15.9. The summed E-state index contributed by atoms with van der Waals surface area (Å²) in [6.07, 6.45) is -4.79. The number of fused-ring (bicyclic) bond motifs is 2. The monoisotopic (exact) mass is 647 g/mol. The number of ether oxygens (including phenoxy) is 1. The van der Waals surface area contributed by atoms with Gasteiger partial charge in [-0.05, 0) is 0 Å². The van der Waals surface area contributed by atoms with Crippen molar-refractivity contribution in [3.63, 3.8) is 0 Å². The maximum Gasteiger partial charge on any atom is 0.388 e. The van der Waals surface area contributed by atoms with Crippen molar-refractivity contribution in [3.05, 3.63) is 39.7 Å². The average Bonchev–Trinajstić information content (AvgIpc) is 3.70. The van der Waals surface area contributed by atoms with Gasteiger partial charge in [-0.3, -0.25) is 32.8 Å². The number of halogens is 1. The van der Waals surface area contributed by atoms with Crippen LogP contribution in [0.5, 0.6) is 0 Å². The number of nitrogens with one attached hydrogen (secondary N) is 2. The molecule has 0 bridgehead atoms. The summed E-state index contributed by atoms with van der Waals surface area (Å²) in [5, 5.41) is 30.7. The zero-order chi connectivity index (χ0) is 30.0. The van der Waals surface area contributed by atoms with Crippen LogP contribution in [0.15, 0.2) is 28.6 Å². The van der Waals surface area contributed by atoms with Crippen molar-refractivity contribution in [1.82, 2.24) is 39.0 Å². The normalized spacial score (nSPS) is 31.3. The predicted octanol–water partition coefficient (Wildman–Crippen LogP) is -1.38. The third-order valence-electron chi connectivity index (χ3n) is 6.94. The molecule has 8 atom stereocenters. The van der Waals surface area contributed by atoms with Gasteiger partial charge in [0.1, 0.15) is 18.3 Å². The minimum atomic E-state index is -4.49. The van der Waals surface area contributed by atoms with Crippen molar-refractivity contribution in [1.29, 1.82) is 0 Å². The number of hydrogen-bond acceptors (Lipinski definition) is 15. The zero-order valence-corrected chi connectivity index (χ0v) is 23.7. The van der Waals surface area contributed by atoms with Crippen LogP contribution in [0.2, 0.25) is 0 Å². The van der Waals surface area contributed by atoms with E-state index in [1.54, 1.807) is 0 Å². The Labute approximate surface area is 242 Å². The standard InChI is InChI=1S/C20H23FN9O9PS2/c21-9-12(32)7(38-18(9)29-5-25-10-14(29)23-4-24-16(10)34)2-37-40(36,41)39-20(3-42-8(1-31)13(20)33)30-6-26-11-15(30)27-19(22)28-17(11)35/h4-9,12-13,18,31-33H,1-3H2,(H,36,41)(H,23,24,34)(H3,22,27,28,35)/t7-,8-,9+,12-,13-,18-,20+,40?/m1/s1. The quantitative estimate of drug-likeness (QED) is 0.0859. The van der Waals surface area contributed by atoms with Crippen LogP contribution in [0.3, 0.4) is 0 Å². The number of aliphatic hydroxyl groups excluding tert-OH is 3. The van der Waals surface area contributed by atoms with Crippen molar-refractivity contribution < 1.29 is 38.1 Å². The van der Waals surface area contributed by atoms with Gasteiger partial charge in [-0.2, -0.15) is 4.98 Å². The molecule has 0 aliphatic carbocycles. The molecule has 2 fully saturated rings. The lowest BCUT2D eigenvalue weighted by molar-refractivity contribution is -0.0973. The molecule has 2 aliphatic heterocycles. The molecule has 42 heavy (non-hydrogen) atoms. The molecule has 22 heteroatoms. The highest BCUT2D eigenvalue weighted by atomic mass is 32.7. The van der Waals surface area contributed by atoms with Crippen LogP contribution in [0.1, 0.15) is 6.23 Å². The van der Waals surface area contributed by atoms with E-state index in [4.69, 9.17) is 19.5 Å². The van der Waals surface area contributed by atoms with Crippen LogP contribution in [0, 0.1) is 0 Å². The number of alkyl halides is 1. The number of rotatable bonds is 8. The highest BCUT2D eigenvalue weighted by Gasteiger charge is 2.56. The maximum absolute atomic E-state index is 15.1. The first kappa shape index (κ1) is 29.2. The second kappa shape index (κ2) is 10.7. The Morgan fingerprint density at radius 3 is 2.71 bits per heavy atom. The third kappa shape index (κ3) is 4.74. The fraction of sp³-hybridized carbons (Fsp3) is 0.500. The Morgan fingerprint density at radius 1 is 1.24 bits per heavy atom. The first-order chi connectivity index (χ1) is 20.0. The van der Waals surface area contributed by atoms with Crippen molar-refractivity contribution in [3.8, 4) is 0 Å². The third-order valence-corrected chi connectivity index (χ3v) is 9.97. The topological polar surface area (TPSA) is 259 Å². The molecule has 2 saturated heterocycles. The van der Waals surface area contributed by atoms with Crippen LogP contribution >= 0.6 is 30.8 Å². The summed E-state index contributed by atoms with van der Waals surface area (Å²) < 4.78 is 47.8. The highest BCUT2D eigenvalue weighted by Crippen LogP contribution is 2.60. The summed E-state index contributed by atoms with van der Waals surface area (Å²) in [5.41, 5.74) is 2.17. The van der Waals surface area contributed by atoms with Gasteiger partial charge in [0.15, 0.2) is 40.5 Å². The number of nitrogens with zero attached hydrogens (tertiary/aromatic N) is 6. The number of nitrogens with two attached hydrogens (primary N) is 1. The van der Waals surface area contributed by atoms with Crippen LogP contribution < -0.4 is 16.9 Å². The Hall–Kier alpha value is -2.88. The van der Waals surface area contributed by atoms with Crippen LogP contribution in [-0.2, 0) is 24.1 Å². The van der Waals surface area contributed by atoms with Gasteiger partial charge in [0.2, 0.25) is 5.95 Å². The molecule has 7 N–H and O–H groups in total. The lowest BCUT2D eigenvalue weighted by Gasteiger charge is -2.35. The molecule has 2 aliphatic rings. The van der Waals surface area contributed by atoms with Crippen molar-refractivity contribution in [2.75, 3.05) is 24.7 Å².